The van der Waals surface area contributed by atoms with Gasteiger partial charge in [0, 0.05) is 0 Å². The molecule has 0 fully saturated rings. The van der Waals surface area contributed by atoms with E-state index in [1.54, 1.807) is 30.3 Å². The lowest BCUT2D eigenvalue weighted by atomic mass is 10.2. The van der Waals surface area contributed by atoms with Crippen molar-refractivity contribution in [3.63, 3.8) is 0 Å². The van der Waals surface area contributed by atoms with E-state index in [0.29, 0.717) is 27.6 Å². The fourth-order valence-electron chi connectivity index (χ4n) is 2.53. The second kappa shape index (κ2) is 6.68. The van der Waals surface area contributed by atoms with Crippen LogP contribution in [0.3, 0.4) is 0 Å². The molecule has 7 nitrogen and oxygen atoms in total. The summed E-state index contributed by atoms with van der Waals surface area (Å²) < 4.78 is 14.9. The summed E-state index contributed by atoms with van der Waals surface area (Å²) in [6.07, 6.45) is 0. The number of halogens is 1. The summed E-state index contributed by atoms with van der Waals surface area (Å²) in [6.45, 7) is 1.89. The number of tetrazole rings is 1. The van der Waals surface area contributed by atoms with Gasteiger partial charge < -0.3 is 4.98 Å². The Balaban J connectivity index is 1.67. The van der Waals surface area contributed by atoms with Gasteiger partial charge in [0.1, 0.15) is 11.6 Å². The number of H-pyrrole nitrogens is 1. The first-order valence-electron chi connectivity index (χ1n) is 7.82. The van der Waals surface area contributed by atoms with E-state index in [9.17, 15) is 9.18 Å². The van der Waals surface area contributed by atoms with Crippen molar-refractivity contribution in [3.8, 4) is 5.69 Å². The SMILES string of the molecule is CC(Sc1nnnn1-c1cccc(F)c1)c1nc2ccccc2c(=O)[nH]1. The molecular weight excluding hydrogens is 355 g/mol. The molecule has 2 aromatic heterocycles. The van der Waals surface area contributed by atoms with Crippen LogP contribution in [0.1, 0.15) is 18.0 Å². The molecule has 0 bridgehead atoms. The number of fused-ring (bicyclic) bond motifs is 1. The number of hydrogen-bond donors (Lipinski definition) is 1. The lowest BCUT2D eigenvalue weighted by molar-refractivity contribution is 0.623. The number of nitrogens with one attached hydrogen (secondary N) is 1. The maximum Gasteiger partial charge on any atom is 0.258 e. The van der Waals surface area contributed by atoms with E-state index < -0.39 is 0 Å². The average Bonchev–Trinajstić information content (AvgIpc) is 3.10. The lowest BCUT2D eigenvalue weighted by Gasteiger charge is -2.11. The second-order valence-electron chi connectivity index (χ2n) is 5.58. The van der Waals surface area contributed by atoms with Crippen molar-refractivity contribution in [2.75, 3.05) is 0 Å². The van der Waals surface area contributed by atoms with E-state index in [4.69, 9.17) is 0 Å². The van der Waals surface area contributed by atoms with Gasteiger partial charge in [-0.1, -0.05) is 30.0 Å². The number of aromatic amines is 1. The van der Waals surface area contributed by atoms with Gasteiger partial charge >= 0.3 is 0 Å². The molecule has 0 radical (unpaired) electrons. The number of hydrogen-bond acceptors (Lipinski definition) is 6. The molecule has 0 saturated carbocycles. The van der Waals surface area contributed by atoms with Gasteiger partial charge in [0.25, 0.3) is 5.56 Å². The van der Waals surface area contributed by atoms with E-state index in [1.807, 2.05) is 13.0 Å². The monoisotopic (exact) mass is 368 g/mol. The number of rotatable bonds is 4. The smallest absolute Gasteiger partial charge is 0.258 e. The predicted octanol–water partition coefficient (Wildman–Crippen LogP) is 2.89. The lowest BCUT2D eigenvalue weighted by Crippen LogP contribution is -2.13. The Labute approximate surface area is 151 Å². The van der Waals surface area contributed by atoms with Crippen LogP contribution in [0.2, 0.25) is 0 Å². The number of nitrogens with zero attached hydrogens (tertiary/aromatic N) is 5. The van der Waals surface area contributed by atoms with Crippen LogP contribution in [0, 0.1) is 5.82 Å². The molecular formula is C17H13FN6OS. The summed E-state index contributed by atoms with van der Waals surface area (Å²) in [7, 11) is 0. The Morgan fingerprint density at radius 2 is 2.04 bits per heavy atom. The van der Waals surface area contributed by atoms with Crippen LogP contribution in [-0.4, -0.2) is 30.2 Å². The molecule has 9 heteroatoms. The van der Waals surface area contributed by atoms with Crippen LogP contribution in [0.5, 0.6) is 0 Å². The Kier molecular flexibility index (Phi) is 4.21. The minimum absolute atomic E-state index is 0.192. The minimum Gasteiger partial charge on any atom is -0.309 e. The Morgan fingerprint density at radius 1 is 1.19 bits per heavy atom. The van der Waals surface area contributed by atoms with Gasteiger partial charge in [-0.05, 0) is 47.7 Å². The van der Waals surface area contributed by atoms with Gasteiger partial charge in [-0.3, -0.25) is 4.79 Å². The molecule has 130 valence electrons. The molecule has 1 atom stereocenters. The predicted molar refractivity (Wildman–Crippen MR) is 95.7 cm³/mol. The van der Waals surface area contributed by atoms with E-state index in [1.165, 1.54) is 28.6 Å². The van der Waals surface area contributed by atoms with Crippen molar-refractivity contribution in [1.82, 2.24) is 30.2 Å². The van der Waals surface area contributed by atoms with E-state index in [2.05, 4.69) is 25.5 Å². The summed E-state index contributed by atoms with van der Waals surface area (Å²) in [4.78, 5) is 19.6. The maximum absolute atomic E-state index is 13.5. The number of benzene rings is 2. The van der Waals surface area contributed by atoms with E-state index >= 15 is 0 Å². The molecule has 4 aromatic rings. The van der Waals surface area contributed by atoms with E-state index in [-0.39, 0.29) is 16.6 Å². The van der Waals surface area contributed by atoms with Crippen LogP contribution in [0.4, 0.5) is 4.39 Å². The molecule has 2 aromatic carbocycles. The number of thioether (sulfide) groups is 1. The van der Waals surface area contributed by atoms with Gasteiger partial charge in [-0.25, -0.2) is 9.37 Å². The minimum atomic E-state index is -0.373. The van der Waals surface area contributed by atoms with Gasteiger partial charge in [-0.15, -0.1) is 5.10 Å². The Bertz CT molecular complexity index is 1140. The zero-order chi connectivity index (χ0) is 18.1. The normalized spacial score (nSPS) is 12.4. The van der Waals surface area contributed by atoms with Gasteiger partial charge in [0.05, 0.1) is 21.8 Å². The summed E-state index contributed by atoms with van der Waals surface area (Å²) in [5.74, 6) is 0.148. The molecule has 1 unspecified atom stereocenters. The molecule has 4 rings (SSSR count). The van der Waals surface area contributed by atoms with Crippen molar-refractivity contribution in [2.45, 2.75) is 17.3 Å². The molecule has 26 heavy (non-hydrogen) atoms. The first kappa shape index (κ1) is 16.4. The van der Waals surface area contributed by atoms with Crippen LogP contribution >= 0.6 is 11.8 Å². The molecule has 1 N–H and O–H groups in total. The fraction of sp³-hybridized carbons (Fsp3) is 0.118. The highest BCUT2D eigenvalue weighted by molar-refractivity contribution is 7.99. The summed E-state index contributed by atoms with van der Waals surface area (Å²) in [5.41, 5.74) is 0.954. The first-order valence-corrected chi connectivity index (χ1v) is 8.70. The van der Waals surface area contributed by atoms with Crippen LogP contribution in [-0.2, 0) is 0 Å². The molecule has 0 saturated heterocycles. The largest absolute Gasteiger partial charge is 0.309 e. The molecule has 0 aliphatic rings. The summed E-state index contributed by atoms with van der Waals surface area (Å²) >= 11 is 1.32. The topological polar surface area (TPSA) is 89.3 Å². The van der Waals surface area contributed by atoms with Crippen LogP contribution in [0.25, 0.3) is 16.6 Å². The van der Waals surface area contributed by atoms with Crippen molar-refractivity contribution >= 4 is 22.7 Å². The van der Waals surface area contributed by atoms with Gasteiger partial charge in [0.2, 0.25) is 5.16 Å². The average molecular weight is 368 g/mol. The van der Waals surface area contributed by atoms with Gasteiger partial charge in [0.15, 0.2) is 0 Å². The highest BCUT2D eigenvalue weighted by Gasteiger charge is 2.17. The van der Waals surface area contributed by atoms with Gasteiger partial charge in [-0.2, -0.15) is 4.68 Å². The molecule has 0 aliphatic carbocycles. The third-order valence-electron chi connectivity index (χ3n) is 3.79. The highest BCUT2D eigenvalue weighted by atomic mass is 32.2. The van der Waals surface area contributed by atoms with Crippen molar-refractivity contribution in [3.05, 3.63) is 70.5 Å². The Morgan fingerprint density at radius 3 is 2.88 bits per heavy atom. The summed E-state index contributed by atoms with van der Waals surface area (Å²) in [6, 6.07) is 13.2. The summed E-state index contributed by atoms with van der Waals surface area (Å²) in [5, 5.41) is 12.4. The zero-order valence-electron chi connectivity index (χ0n) is 13.6. The number of aromatic nitrogens is 6. The van der Waals surface area contributed by atoms with Crippen LogP contribution in [0.15, 0.2) is 58.5 Å². The van der Waals surface area contributed by atoms with Crippen LogP contribution < -0.4 is 5.56 Å². The molecule has 2 heterocycles. The Hall–Kier alpha value is -3.07. The molecule has 0 spiro atoms. The zero-order valence-corrected chi connectivity index (χ0v) is 14.4. The fourth-order valence-corrected chi connectivity index (χ4v) is 3.40. The van der Waals surface area contributed by atoms with E-state index in [0.717, 1.165) is 0 Å². The maximum atomic E-state index is 13.5. The number of para-hydroxylation sites is 1. The quantitative estimate of drug-likeness (QED) is 0.557. The standard InChI is InChI=1S/C17H13FN6OS/c1-10(15-19-14-8-3-2-7-13(14)16(25)20-15)26-17-21-22-23-24(17)12-6-4-5-11(18)9-12/h2-10H,1H3,(H,19,20,25). The first-order chi connectivity index (χ1) is 12.6. The highest BCUT2D eigenvalue weighted by Crippen LogP contribution is 2.32. The molecule has 0 aliphatic heterocycles. The van der Waals surface area contributed by atoms with Crippen molar-refractivity contribution in [2.24, 2.45) is 0 Å². The molecule has 0 amide bonds. The van der Waals surface area contributed by atoms with Crippen molar-refractivity contribution in [1.29, 1.82) is 0 Å². The third-order valence-corrected chi connectivity index (χ3v) is 4.83. The third kappa shape index (κ3) is 3.08. The second-order valence-corrected chi connectivity index (χ2v) is 6.89. The van der Waals surface area contributed by atoms with Crippen molar-refractivity contribution < 1.29 is 4.39 Å².